The fraction of sp³-hybridized carbons (Fsp3) is 0.491. The summed E-state index contributed by atoms with van der Waals surface area (Å²) in [6, 6.07) is 22.7. The maximum atomic E-state index is 13.6. The third-order valence-electron chi connectivity index (χ3n) is 14.5. The summed E-state index contributed by atoms with van der Waals surface area (Å²) < 4.78 is 5.33. The number of Topliss-reactive ketones (excluding diaryl/α,β-unsaturated/α-hetero) is 1. The molecule has 1 saturated heterocycles. The number of nitrogens with one attached hydrogen (secondary N) is 3. The van der Waals surface area contributed by atoms with Crippen LogP contribution in [0.5, 0.6) is 11.5 Å². The average molecular weight is 901 g/mol. The van der Waals surface area contributed by atoms with E-state index in [2.05, 4.69) is 76.6 Å². The number of ether oxygens (including phenoxy) is 1. The lowest BCUT2D eigenvalue weighted by Crippen LogP contribution is -2.56. The first-order valence-electron chi connectivity index (χ1n) is 24.4. The first kappa shape index (κ1) is 49.0. The zero-order chi connectivity index (χ0) is 46.3. The number of allylic oxidation sites excluding steroid dienone is 3. The molecular formula is C55H72N4O7. The number of aromatic hydroxyl groups is 1. The molecule has 354 valence electrons. The molecule has 7 rings (SSSR count). The van der Waals surface area contributed by atoms with Gasteiger partial charge < -0.3 is 46.8 Å². The minimum absolute atomic E-state index is 0.00529. The quantitative estimate of drug-likeness (QED) is 0.0209. The molecule has 4 aliphatic rings. The van der Waals surface area contributed by atoms with E-state index >= 15 is 0 Å². The van der Waals surface area contributed by atoms with Gasteiger partial charge in [-0.2, -0.15) is 0 Å². The van der Waals surface area contributed by atoms with Crippen LogP contribution in [0.25, 0.3) is 5.57 Å². The molecule has 11 nitrogen and oxygen atoms in total. The molecule has 2 fully saturated rings. The van der Waals surface area contributed by atoms with E-state index in [4.69, 9.17) is 10.5 Å². The summed E-state index contributed by atoms with van der Waals surface area (Å²) in [5.74, 6) is 2.09. The van der Waals surface area contributed by atoms with Crippen molar-refractivity contribution in [3.8, 4) is 11.5 Å². The van der Waals surface area contributed by atoms with Gasteiger partial charge in [0, 0.05) is 31.8 Å². The zero-order valence-corrected chi connectivity index (χ0v) is 38.5. The van der Waals surface area contributed by atoms with Gasteiger partial charge in [0.1, 0.15) is 5.78 Å². The van der Waals surface area contributed by atoms with Crippen LogP contribution in [0, 0.1) is 29.6 Å². The zero-order valence-electron chi connectivity index (χ0n) is 38.5. The highest BCUT2D eigenvalue weighted by molar-refractivity contribution is 6.07. The van der Waals surface area contributed by atoms with E-state index in [1.54, 1.807) is 0 Å². The molecule has 9 N–H and O–H groups in total. The number of piperidine rings is 1. The molecule has 0 spiro atoms. The maximum Gasteiger partial charge on any atom is 0.186 e. The largest absolute Gasteiger partial charge is 0.504 e. The number of ketones is 2. The summed E-state index contributed by atoms with van der Waals surface area (Å²) in [4.78, 5) is 27.0. The van der Waals surface area contributed by atoms with Crippen molar-refractivity contribution in [2.75, 3.05) is 39.6 Å². The number of hydrogen-bond donors (Lipinski definition) is 8. The van der Waals surface area contributed by atoms with E-state index in [1.165, 1.54) is 47.7 Å². The van der Waals surface area contributed by atoms with Crippen LogP contribution >= 0.6 is 0 Å². The highest BCUT2D eigenvalue weighted by Crippen LogP contribution is 2.46. The van der Waals surface area contributed by atoms with Crippen LogP contribution in [0.2, 0.25) is 0 Å². The SMILES string of the molecule is NC1C=C(CCc2cccc(CCc3ccccc3)c2)C(Cc2cc(O)c(OCO)cc2C(=CC(=O)CC(=O)CCCC(CCCO)CC2C3CCNCC3CC3C=CCNC32)CO)=CN1. The van der Waals surface area contributed by atoms with Gasteiger partial charge in [-0.05, 0) is 182 Å². The van der Waals surface area contributed by atoms with Gasteiger partial charge in [0.25, 0.3) is 0 Å². The molecule has 7 unspecified atom stereocenters. The van der Waals surface area contributed by atoms with Gasteiger partial charge in [0.2, 0.25) is 0 Å². The molecule has 0 radical (unpaired) electrons. The summed E-state index contributed by atoms with van der Waals surface area (Å²) in [7, 11) is 0. The molecule has 1 aliphatic carbocycles. The van der Waals surface area contributed by atoms with Crippen LogP contribution in [0.4, 0.5) is 0 Å². The Balaban J connectivity index is 0.989. The number of aliphatic hydroxyl groups excluding tert-OH is 3. The Labute approximate surface area is 391 Å². The molecule has 3 aromatic carbocycles. The molecule has 66 heavy (non-hydrogen) atoms. The van der Waals surface area contributed by atoms with Gasteiger partial charge in [-0.3, -0.25) is 9.59 Å². The second-order valence-corrected chi connectivity index (χ2v) is 19.0. The number of phenols is 1. The number of aryl methyl sites for hydroxylation is 3. The Hall–Kier alpha value is -4.88. The molecule has 11 heteroatoms. The van der Waals surface area contributed by atoms with E-state index in [9.17, 15) is 30.0 Å². The standard InChI is InChI=1S/C55H72N4O7/c56-54-30-41(19-18-40-11-4-10-39(24-40)17-16-37-8-2-1-3-9-37)44(34-59-54)27-43-29-52(65)53(66-36-62)32-50(43)46(35-61)28-48(64)31-47(63)15-5-12-38(13-7-23-60)25-51-49-20-22-57-33-45(49)26-42-14-6-21-58-55(42)51/h1-4,6,8-11,14,24,28-30,32,34,38,42,45,49,51,54-55,57-62,65H,5,7,12-13,15-23,25-27,31,33,35-36,56H2. The van der Waals surface area contributed by atoms with Crippen LogP contribution in [0.15, 0.2) is 108 Å². The highest BCUT2D eigenvalue weighted by atomic mass is 16.6. The summed E-state index contributed by atoms with van der Waals surface area (Å²) in [5.41, 5.74) is 13.5. The van der Waals surface area contributed by atoms with Crippen molar-refractivity contribution in [3.63, 3.8) is 0 Å². The molecule has 3 aliphatic heterocycles. The number of dihydropyridines is 1. The molecule has 0 amide bonds. The van der Waals surface area contributed by atoms with Crippen LogP contribution in [0.3, 0.4) is 0 Å². The molecule has 0 bridgehead atoms. The number of benzene rings is 3. The summed E-state index contributed by atoms with van der Waals surface area (Å²) in [6.07, 6.45) is 20.0. The second-order valence-electron chi connectivity index (χ2n) is 19.0. The van der Waals surface area contributed by atoms with Crippen molar-refractivity contribution >= 4 is 17.1 Å². The fourth-order valence-electron chi connectivity index (χ4n) is 11.3. The maximum absolute atomic E-state index is 13.6. The van der Waals surface area contributed by atoms with E-state index < -0.39 is 19.2 Å². The average Bonchev–Trinajstić information content (AvgIpc) is 3.33. The van der Waals surface area contributed by atoms with Crippen molar-refractivity contribution in [2.45, 2.75) is 102 Å². The third kappa shape index (κ3) is 13.6. The van der Waals surface area contributed by atoms with Crippen LogP contribution < -0.4 is 26.4 Å². The predicted molar refractivity (Wildman–Crippen MR) is 260 cm³/mol. The van der Waals surface area contributed by atoms with Crippen molar-refractivity contribution < 1.29 is 34.8 Å². The predicted octanol–water partition coefficient (Wildman–Crippen LogP) is 6.62. The van der Waals surface area contributed by atoms with Crippen molar-refractivity contribution in [2.24, 2.45) is 35.3 Å². The van der Waals surface area contributed by atoms with Crippen LogP contribution in [-0.2, 0) is 35.3 Å². The van der Waals surface area contributed by atoms with E-state index in [0.29, 0.717) is 59.6 Å². The molecular weight excluding hydrogens is 829 g/mol. The van der Waals surface area contributed by atoms with E-state index in [1.807, 2.05) is 18.3 Å². The molecule has 0 aromatic heterocycles. The van der Waals surface area contributed by atoms with Crippen LogP contribution in [0.1, 0.15) is 92.0 Å². The normalized spacial score (nSPS) is 23.2. The second kappa shape index (κ2) is 24.8. The first-order chi connectivity index (χ1) is 32.2. The first-order valence-corrected chi connectivity index (χ1v) is 24.4. The lowest BCUT2D eigenvalue weighted by Gasteiger charge is -2.51. The number of nitrogens with two attached hydrogens (primary N) is 1. The highest BCUT2D eigenvalue weighted by Gasteiger charge is 2.45. The summed E-state index contributed by atoms with van der Waals surface area (Å²) in [5, 5.41) is 51.7. The Morgan fingerprint density at radius 3 is 2.47 bits per heavy atom. The minimum Gasteiger partial charge on any atom is -0.504 e. The number of carbonyl (C=O) groups excluding carboxylic acids is 2. The smallest absolute Gasteiger partial charge is 0.186 e. The van der Waals surface area contributed by atoms with Gasteiger partial charge in [-0.25, -0.2) is 0 Å². The van der Waals surface area contributed by atoms with Crippen LogP contribution in [-0.4, -0.2) is 83.8 Å². The van der Waals surface area contributed by atoms with Gasteiger partial charge in [0.15, 0.2) is 24.1 Å². The topological polar surface area (TPSA) is 186 Å². The Bertz CT molecular complexity index is 2200. The number of fused-ring (bicyclic) bond motifs is 2. The Kier molecular flexibility index (Phi) is 18.4. The van der Waals surface area contributed by atoms with Gasteiger partial charge >= 0.3 is 0 Å². The Morgan fingerprint density at radius 2 is 1.68 bits per heavy atom. The molecule has 3 heterocycles. The lowest BCUT2D eigenvalue weighted by atomic mass is 9.60. The van der Waals surface area contributed by atoms with Crippen molar-refractivity contribution in [3.05, 3.63) is 136 Å². The Morgan fingerprint density at radius 1 is 0.909 bits per heavy atom. The summed E-state index contributed by atoms with van der Waals surface area (Å²) >= 11 is 0. The minimum atomic E-state index is -0.680. The molecule has 1 saturated carbocycles. The van der Waals surface area contributed by atoms with E-state index in [0.717, 1.165) is 82.1 Å². The lowest BCUT2D eigenvalue weighted by molar-refractivity contribution is -0.124. The van der Waals surface area contributed by atoms with Gasteiger partial charge in [0.05, 0.1) is 19.2 Å². The number of rotatable bonds is 24. The van der Waals surface area contributed by atoms with Gasteiger partial charge in [-0.15, -0.1) is 0 Å². The number of hydrogen-bond acceptors (Lipinski definition) is 11. The van der Waals surface area contributed by atoms with Crippen molar-refractivity contribution in [1.29, 1.82) is 0 Å². The number of phenolic OH excluding ortho intramolecular Hbond substituents is 1. The van der Waals surface area contributed by atoms with Gasteiger partial charge in [-0.1, -0.05) is 73.2 Å². The monoisotopic (exact) mass is 901 g/mol. The number of carbonyl (C=O) groups is 2. The fourth-order valence-corrected chi connectivity index (χ4v) is 11.3. The van der Waals surface area contributed by atoms with Crippen molar-refractivity contribution in [1.82, 2.24) is 16.0 Å². The van der Waals surface area contributed by atoms with E-state index in [-0.39, 0.29) is 48.5 Å². The summed E-state index contributed by atoms with van der Waals surface area (Å²) in [6.45, 7) is 2.02. The molecule has 7 atom stereocenters. The third-order valence-corrected chi connectivity index (χ3v) is 14.5. The number of aliphatic hydroxyl groups is 3. The molecule has 3 aromatic rings.